The van der Waals surface area contributed by atoms with Crippen molar-refractivity contribution in [2.75, 3.05) is 13.1 Å². The molecule has 0 amide bonds. The highest BCUT2D eigenvalue weighted by molar-refractivity contribution is 7.89. The first-order valence-corrected chi connectivity index (χ1v) is 8.40. The number of rotatable bonds is 5. The third-order valence-corrected chi connectivity index (χ3v) is 5.04. The van der Waals surface area contributed by atoms with Crippen molar-refractivity contribution in [2.24, 2.45) is 17.6 Å². The molecule has 0 heterocycles. The average Bonchev–Trinajstić information content (AvgIpc) is 3.27. The Morgan fingerprint density at radius 1 is 1.48 bits per heavy atom. The Kier molecular flexibility index (Phi) is 4.99. The fraction of sp³-hybridized carbons (Fsp3) is 0.467. The van der Waals surface area contributed by atoms with Gasteiger partial charge in [0.2, 0.25) is 10.0 Å². The Balaban J connectivity index is 2.11. The van der Waals surface area contributed by atoms with Crippen molar-refractivity contribution in [3.63, 3.8) is 0 Å². The molecule has 0 bridgehead atoms. The molecule has 1 unspecified atom stereocenters. The lowest BCUT2D eigenvalue weighted by atomic mass is 10.1. The normalized spacial score (nSPS) is 16.1. The molecule has 0 aromatic heterocycles. The van der Waals surface area contributed by atoms with Crippen LogP contribution in [0.4, 0.5) is 4.39 Å². The molecule has 1 aromatic carbocycles. The van der Waals surface area contributed by atoms with Gasteiger partial charge >= 0.3 is 0 Å². The molecule has 21 heavy (non-hydrogen) atoms. The quantitative estimate of drug-likeness (QED) is 0.809. The van der Waals surface area contributed by atoms with Crippen molar-refractivity contribution in [3.05, 3.63) is 29.6 Å². The number of sulfonamides is 1. The van der Waals surface area contributed by atoms with Crippen LogP contribution in [-0.2, 0) is 10.0 Å². The van der Waals surface area contributed by atoms with E-state index < -0.39 is 15.8 Å². The Morgan fingerprint density at radius 2 is 2.19 bits per heavy atom. The van der Waals surface area contributed by atoms with Crippen LogP contribution < -0.4 is 10.5 Å². The van der Waals surface area contributed by atoms with Crippen molar-refractivity contribution in [1.29, 1.82) is 0 Å². The zero-order valence-corrected chi connectivity index (χ0v) is 12.7. The first kappa shape index (κ1) is 16.0. The summed E-state index contributed by atoms with van der Waals surface area (Å²) < 4.78 is 40.7. The molecule has 0 saturated heterocycles. The van der Waals surface area contributed by atoms with E-state index in [1.54, 1.807) is 0 Å². The smallest absolute Gasteiger partial charge is 0.243 e. The van der Waals surface area contributed by atoms with Crippen LogP contribution >= 0.6 is 0 Å². The highest BCUT2D eigenvalue weighted by Crippen LogP contribution is 2.36. The van der Waals surface area contributed by atoms with Gasteiger partial charge in [-0.05, 0) is 42.9 Å². The number of nitrogens with one attached hydrogen (secondary N) is 1. The van der Waals surface area contributed by atoms with E-state index in [2.05, 4.69) is 16.6 Å². The van der Waals surface area contributed by atoms with Crippen molar-refractivity contribution in [2.45, 2.75) is 24.7 Å². The second-order valence-electron chi connectivity index (χ2n) is 5.32. The lowest BCUT2D eigenvalue weighted by molar-refractivity contribution is 0.489. The van der Waals surface area contributed by atoms with Crippen LogP contribution in [0.2, 0.25) is 0 Å². The zero-order valence-electron chi connectivity index (χ0n) is 11.9. The predicted molar refractivity (Wildman–Crippen MR) is 79.4 cm³/mol. The fourth-order valence-electron chi connectivity index (χ4n) is 2.10. The molecule has 3 N–H and O–H groups in total. The van der Waals surface area contributed by atoms with Gasteiger partial charge in [-0.3, -0.25) is 0 Å². The second kappa shape index (κ2) is 6.56. The Labute approximate surface area is 125 Å². The minimum atomic E-state index is -3.83. The molecule has 0 spiro atoms. The van der Waals surface area contributed by atoms with Gasteiger partial charge < -0.3 is 5.73 Å². The van der Waals surface area contributed by atoms with E-state index >= 15 is 0 Å². The molecule has 4 nitrogen and oxygen atoms in total. The van der Waals surface area contributed by atoms with Gasteiger partial charge in [0.15, 0.2) is 0 Å². The van der Waals surface area contributed by atoms with E-state index in [0.29, 0.717) is 18.0 Å². The highest BCUT2D eigenvalue weighted by atomic mass is 32.2. The molecule has 1 aliphatic carbocycles. The second-order valence-corrected chi connectivity index (χ2v) is 7.05. The number of hydrogen-bond donors (Lipinski definition) is 2. The largest absolute Gasteiger partial charge is 0.320 e. The molecule has 0 aliphatic heterocycles. The van der Waals surface area contributed by atoms with Crippen LogP contribution in [0.1, 0.15) is 25.3 Å². The van der Waals surface area contributed by atoms with E-state index in [9.17, 15) is 12.8 Å². The van der Waals surface area contributed by atoms with E-state index in [1.807, 2.05) is 6.92 Å². The SMILES string of the molecule is CC(CNS(=O)(=O)c1ccc(C#CCN)cc1F)C1CC1. The molecule has 1 atom stereocenters. The minimum absolute atomic E-state index is 0.169. The topological polar surface area (TPSA) is 72.2 Å². The summed E-state index contributed by atoms with van der Waals surface area (Å²) in [5, 5.41) is 0. The Morgan fingerprint density at radius 3 is 2.76 bits per heavy atom. The Hall–Kier alpha value is -1.42. The van der Waals surface area contributed by atoms with E-state index in [0.717, 1.165) is 18.9 Å². The van der Waals surface area contributed by atoms with Crippen molar-refractivity contribution >= 4 is 10.0 Å². The third kappa shape index (κ3) is 4.27. The molecule has 0 radical (unpaired) electrons. The van der Waals surface area contributed by atoms with Crippen LogP contribution in [0.5, 0.6) is 0 Å². The van der Waals surface area contributed by atoms with Gasteiger partial charge in [-0.25, -0.2) is 17.5 Å². The number of halogens is 1. The summed E-state index contributed by atoms with van der Waals surface area (Å²) in [4.78, 5) is -0.344. The molecule has 1 fully saturated rings. The fourth-order valence-corrected chi connectivity index (χ4v) is 3.30. The first-order valence-electron chi connectivity index (χ1n) is 6.92. The van der Waals surface area contributed by atoms with Crippen LogP contribution in [0.3, 0.4) is 0 Å². The standard InChI is InChI=1S/C15H19FN2O2S/c1-11(13-5-6-13)10-18-21(19,20)15-7-4-12(3-2-8-17)9-14(15)16/h4,7,9,11,13,18H,5-6,8,10,17H2,1H3. The van der Waals surface area contributed by atoms with Gasteiger partial charge in [-0.15, -0.1) is 0 Å². The molecule has 2 rings (SSSR count). The maximum absolute atomic E-state index is 14.0. The summed E-state index contributed by atoms with van der Waals surface area (Å²) >= 11 is 0. The summed E-state index contributed by atoms with van der Waals surface area (Å²) in [6.07, 6.45) is 2.29. The van der Waals surface area contributed by atoms with E-state index in [1.165, 1.54) is 12.1 Å². The molecular formula is C15H19FN2O2S. The van der Waals surface area contributed by atoms with Crippen molar-refractivity contribution in [3.8, 4) is 11.8 Å². The van der Waals surface area contributed by atoms with Crippen LogP contribution in [0.25, 0.3) is 0 Å². The van der Waals surface area contributed by atoms with Gasteiger partial charge in [-0.1, -0.05) is 18.8 Å². The summed E-state index contributed by atoms with van der Waals surface area (Å²) in [6.45, 7) is 2.51. The zero-order chi connectivity index (χ0) is 15.5. The number of benzene rings is 1. The van der Waals surface area contributed by atoms with Crippen LogP contribution in [0, 0.1) is 29.5 Å². The molecule has 114 valence electrons. The molecular weight excluding hydrogens is 291 g/mol. The Bertz CT molecular complexity index is 673. The molecule has 1 aromatic rings. The monoisotopic (exact) mass is 310 g/mol. The number of hydrogen-bond acceptors (Lipinski definition) is 3. The average molecular weight is 310 g/mol. The maximum atomic E-state index is 14.0. The summed E-state index contributed by atoms with van der Waals surface area (Å²) in [5.41, 5.74) is 5.64. The van der Waals surface area contributed by atoms with Crippen LogP contribution in [-0.4, -0.2) is 21.5 Å². The highest BCUT2D eigenvalue weighted by Gasteiger charge is 2.29. The summed E-state index contributed by atoms with van der Waals surface area (Å²) in [5.74, 6) is 5.33. The van der Waals surface area contributed by atoms with Gasteiger partial charge in [0.25, 0.3) is 0 Å². The van der Waals surface area contributed by atoms with Crippen LogP contribution in [0.15, 0.2) is 23.1 Å². The lowest BCUT2D eigenvalue weighted by Gasteiger charge is -2.12. The molecule has 1 saturated carbocycles. The summed E-state index contributed by atoms with van der Waals surface area (Å²) in [7, 11) is -3.83. The van der Waals surface area contributed by atoms with Crippen molar-refractivity contribution < 1.29 is 12.8 Å². The van der Waals surface area contributed by atoms with E-state index in [4.69, 9.17) is 5.73 Å². The predicted octanol–water partition coefficient (Wildman–Crippen LogP) is 1.46. The minimum Gasteiger partial charge on any atom is -0.320 e. The van der Waals surface area contributed by atoms with Gasteiger partial charge in [-0.2, -0.15) is 0 Å². The van der Waals surface area contributed by atoms with Gasteiger partial charge in [0.1, 0.15) is 10.7 Å². The van der Waals surface area contributed by atoms with Crippen molar-refractivity contribution in [1.82, 2.24) is 4.72 Å². The molecule has 6 heteroatoms. The van der Waals surface area contributed by atoms with Gasteiger partial charge in [0.05, 0.1) is 6.54 Å². The molecule has 1 aliphatic rings. The number of nitrogens with two attached hydrogens (primary N) is 1. The third-order valence-electron chi connectivity index (χ3n) is 3.58. The lowest BCUT2D eigenvalue weighted by Crippen LogP contribution is -2.29. The van der Waals surface area contributed by atoms with Gasteiger partial charge in [0, 0.05) is 12.1 Å². The first-order chi connectivity index (χ1) is 9.94. The summed E-state index contributed by atoms with van der Waals surface area (Å²) in [6, 6.07) is 3.83. The van der Waals surface area contributed by atoms with E-state index in [-0.39, 0.29) is 17.4 Å². The maximum Gasteiger partial charge on any atom is 0.243 e.